The Balaban J connectivity index is 1.50. The fraction of sp³-hybridized carbons (Fsp3) is 0.0833. The second-order valence-corrected chi connectivity index (χ2v) is 7.95. The number of nitro benzene ring substituents is 1. The van der Waals surface area contributed by atoms with E-state index in [2.05, 4.69) is 20.9 Å². The van der Waals surface area contributed by atoms with Gasteiger partial charge < -0.3 is 9.47 Å². The van der Waals surface area contributed by atoms with Crippen LogP contribution in [0.5, 0.6) is 5.75 Å². The van der Waals surface area contributed by atoms with Crippen molar-refractivity contribution in [3.05, 3.63) is 109 Å². The first-order valence-corrected chi connectivity index (χ1v) is 10.4. The Morgan fingerprint density at radius 3 is 2.59 bits per heavy atom. The predicted molar refractivity (Wildman–Crippen MR) is 123 cm³/mol. The Hall–Kier alpha value is -3.78. The van der Waals surface area contributed by atoms with Gasteiger partial charge in [0.1, 0.15) is 12.4 Å². The van der Waals surface area contributed by atoms with Crippen molar-refractivity contribution in [2.24, 2.45) is 4.99 Å². The summed E-state index contributed by atoms with van der Waals surface area (Å²) in [5.41, 5.74) is 2.64. The smallest absolute Gasteiger partial charge is 0.363 e. The van der Waals surface area contributed by atoms with Gasteiger partial charge in [-0.2, -0.15) is 0 Å². The molecular formula is C24H17BrN2O5. The second-order valence-electron chi connectivity index (χ2n) is 7.03. The first kappa shape index (κ1) is 21.5. The van der Waals surface area contributed by atoms with Crippen LogP contribution in [0.15, 0.2) is 81.9 Å². The van der Waals surface area contributed by atoms with Crippen LogP contribution in [0.1, 0.15) is 22.3 Å². The van der Waals surface area contributed by atoms with E-state index in [-0.39, 0.29) is 17.3 Å². The minimum atomic E-state index is -0.610. The van der Waals surface area contributed by atoms with E-state index in [0.29, 0.717) is 23.5 Å². The molecule has 1 aliphatic heterocycles. The van der Waals surface area contributed by atoms with Gasteiger partial charge in [-0.05, 0) is 54.5 Å². The van der Waals surface area contributed by atoms with Crippen molar-refractivity contribution in [1.29, 1.82) is 0 Å². The molecule has 0 saturated carbocycles. The SMILES string of the molecule is Cc1c(C2=N/C(=C\c3ccc(OCc4cccc(Br)c4)cc3)C(=O)O2)cccc1[N+](=O)[O-]. The molecule has 160 valence electrons. The topological polar surface area (TPSA) is 91.0 Å². The second kappa shape index (κ2) is 9.15. The third kappa shape index (κ3) is 4.76. The van der Waals surface area contributed by atoms with Crippen LogP contribution >= 0.6 is 15.9 Å². The highest BCUT2D eigenvalue weighted by atomic mass is 79.9. The quantitative estimate of drug-likeness (QED) is 0.193. The van der Waals surface area contributed by atoms with Crippen LogP contribution in [0.25, 0.3) is 6.08 Å². The lowest BCUT2D eigenvalue weighted by Gasteiger charge is -2.07. The number of cyclic esters (lactones) is 1. The molecule has 0 radical (unpaired) electrons. The molecule has 0 unspecified atom stereocenters. The standard InChI is InChI=1S/C24H17BrN2O5/c1-15-20(6-3-7-22(15)27(29)30)23-26-21(24(28)32-23)13-16-8-10-19(11-9-16)31-14-17-4-2-5-18(25)12-17/h2-13H,14H2,1H3/b21-13-. The van der Waals surface area contributed by atoms with Crippen LogP contribution in [0.3, 0.4) is 0 Å². The number of hydrogen-bond donors (Lipinski definition) is 0. The van der Waals surface area contributed by atoms with Crippen molar-refractivity contribution in [1.82, 2.24) is 0 Å². The van der Waals surface area contributed by atoms with Gasteiger partial charge in [0.25, 0.3) is 5.69 Å². The number of esters is 1. The van der Waals surface area contributed by atoms with E-state index < -0.39 is 10.9 Å². The third-order valence-corrected chi connectivity index (χ3v) is 5.32. The summed E-state index contributed by atoms with van der Waals surface area (Å²) in [5.74, 6) is 0.134. The Labute approximate surface area is 192 Å². The van der Waals surface area contributed by atoms with Crippen molar-refractivity contribution in [2.75, 3.05) is 0 Å². The number of hydrogen-bond acceptors (Lipinski definition) is 6. The first-order valence-electron chi connectivity index (χ1n) is 9.65. The zero-order valence-corrected chi connectivity index (χ0v) is 18.5. The number of rotatable bonds is 6. The minimum absolute atomic E-state index is 0.0522. The Bertz CT molecular complexity index is 1270. The Kier molecular flexibility index (Phi) is 6.13. The zero-order valence-electron chi connectivity index (χ0n) is 16.9. The van der Waals surface area contributed by atoms with Crippen LogP contribution < -0.4 is 4.74 Å². The monoisotopic (exact) mass is 492 g/mol. The third-order valence-electron chi connectivity index (χ3n) is 4.83. The van der Waals surface area contributed by atoms with Crippen molar-refractivity contribution in [3.8, 4) is 5.75 Å². The number of benzene rings is 3. The highest BCUT2D eigenvalue weighted by Crippen LogP contribution is 2.26. The molecule has 0 amide bonds. The van der Waals surface area contributed by atoms with Gasteiger partial charge in [-0.15, -0.1) is 0 Å². The number of ether oxygens (including phenoxy) is 2. The molecule has 3 aromatic carbocycles. The van der Waals surface area contributed by atoms with Gasteiger partial charge in [0, 0.05) is 21.7 Å². The maximum atomic E-state index is 12.3. The van der Waals surface area contributed by atoms with Crippen molar-refractivity contribution < 1.29 is 19.2 Å². The molecule has 4 rings (SSSR count). The molecular weight excluding hydrogens is 476 g/mol. The van der Waals surface area contributed by atoms with E-state index in [9.17, 15) is 14.9 Å². The lowest BCUT2D eigenvalue weighted by atomic mass is 10.1. The van der Waals surface area contributed by atoms with Gasteiger partial charge in [-0.1, -0.05) is 46.3 Å². The summed E-state index contributed by atoms with van der Waals surface area (Å²) in [6.07, 6.45) is 1.60. The maximum Gasteiger partial charge on any atom is 0.363 e. The van der Waals surface area contributed by atoms with Crippen LogP contribution in [0.2, 0.25) is 0 Å². The molecule has 32 heavy (non-hydrogen) atoms. The molecule has 1 heterocycles. The molecule has 8 heteroatoms. The van der Waals surface area contributed by atoms with Gasteiger partial charge in [-0.25, -0.2) is 9.79 Å². The molecule has 0 spiro atoms. The van der Waals surface area contributed by atoms with E-state index in [1.165, 1.54) is 12.1 Å². The van der Waals surface area contributed by atoms with Crippen molar-refractivity contribution in [2.45, 2.75) is 13.5 Å². The number of carbonyl (C=O) groups is 1. The molecule has 0 bridgehead atoms. The average Bonchev–Trinajstić information content (AvgIpc) is 3.13. The molecule has 3 aromatic rings. The summed E-state index contributed by atoms with van der Waals surface area (Å²) in [4.78, 5) is 27.2. The summed E-state index contributed by atoms with van der Waals surface area (Å²) in [5, 5.41) is 11.2. The largest absolute Gasteiger partial charge is 0.489 e. The lowest BCUT2D eigenvalue weighted by Crippen LogP contribution is -2.08. The molecule has 0 atom stereocenters. The molecule has 0 N–H and O–H groups in total. The molecule has 0 saturated heterocycles. The fourth-order valence-corrected chi connectivity index (χ4v) is 3.64. The van der Waals surface area contributed by atoms with Crippen molar-refractivity contribution >= 4 is 39.6 Å². The van der Waals surface area contributed by atoms with Crippen LogP contribution in [-0.4, -0.2) is 16.8 Å². The van der Waals surface area contributed by atoms with E-state index in [4.69, 9.17) is 9.47 Å². The Morgan fingerprint density at radius 2 is 1.88 bits per heavy atom. The first-order chi connectivity index (χ1) is 15.4. The average molecular weight is 493 g/mol. The van der Waals surface area contributed by atoms with Crippen LogP contribution in [0, 0.1) is 17.0 Å². The Morgan fingerprint density at radius 1 is 1.12 bits per heavy atom. The number of carbonyl (C=O) groups excluding carboxylic acids is 1. The highest BCUT2D eigenvalue weighted by Gasteiger charge is 2.27. The number of halogens is 1. The van der Waals surface area contributed by atoms with Gasteiger partial charge in [-0.3, -0.25) is 10.1 Å². The summed E-state index contributed by atoms with van der Waals surface area (Å²) >= 11 is 3.44. The minimum Gasteiger partial charge on any atom is -0.489 e. The summed E-state index contributed by atoms with van der Waals surface area (Å²) in [6, 6.07) is 19.7. The molecule has 1 aliphatic rings. The highest BCUT2D eigenvalue weighted by molar-refractivity contribution is 9.10. The van der Waals surface area contributed by atoms with Gasteiger partial charge in [0.05, 0.1) is 4.92 Å². The predicted octanol–water partition coefficient (Wildman–Crippen LogP) is 5.59. The maximum absolute atomic E-state index is 12.3. The molecule has 0 aliphatic carbocycles. The number of nitro groups is 1. The van der Waals surface area contributed by atoms with E-state index in [1.807, 2.05) is 36.4 Å². The van der Waals surface area contributed by atoms with Gasteiger partial charge >= 0.3 is 5.97 Å². The fourth-order valence-electron chi connectivity index (χ4n) is 3.19. The number of aliphatic imine (C=N–C) groups is 1. The van der Waals surface area contributed by atoms with Crippen molar-refractivity contribution in [3.63, 3.8) is 0 Å². The van der Waals surface area contributed by atoms with E-state index in [1.54, 1.807) is 31.2 Å². The summed E-state index contributed by atoms with van der Waals surface area (Å²) < 4.78 is 12.0. The van der Waals surface area contributed by atoms with Crippen LogP contribution in [-0.2, 0) is 16.1 Å². The zero-order chi connectivity index (χ0) is 22.7. The molecule has 7 nitrogen and oxygen atoms in total. The van der Waals surface area contributed by atoms with Gasteiger partial charge in [0.2, 0.25) is 5.90 Å². The van der Waals surface area contributed by atoms with E-state index >= 15 is 0 Å². The normalized spacial score (nSPS) is 14.2. The lowest BCUT2D eigenvalue weighted by molar-refractivity contribution is -0.385. The van der Waals surface area contributed by atoms with Gasteiger partial charge in [0.15, 0.2) is 5.70 Å². The van der Waals surface area contributed by atoms with Crippen LogP contribution in [0.4, 0.5) is 5.69 Å². The van der Waals surface area contributed by atoms with E-state index in [0.717, 1.165) is 15.6 Å². The summed E-state index contributed by atoms with van der Waals surface area (Å²) in [6.45, 7) is 2.03. The summed E-state index contributed by atoms with van der Waals surface area (Å²) in [7, 11) is 0. The molecule has 0 fully saturated rings. The molecule has 0 aromatic heterocycles. The number of nitrogens with zero attached hydrogens (tertiary/aromatic N) is 2.